The van der Waals surface area contributed by atoms with E-state index in [1.54, 1.807) is 13.2 Å². The predicted molar refractivity (Wildman–Crippen MR) is 70.7 cm³/mol. The van der Waals surface area contributed by atoms with Gasteiger partial charge in [-0.1, -0.05) is 18.5 Å². The van der Waals surface area contributed by atoms with Crippen molar-refractivity contribution >= 4 is 11.6 Å². The predicted octanol–water partition coefficient (Wildman–Crippen LogP) is 2.63. The molecule has 0 amide bonds. The molecule has 1 rings (SSSR count). The molecule has 0 aliphatic carbocycles. The van der Waals surface area contributed by atoms with Crippen LogP contribution in [0.15, 0.2) is 18.2 Å². The van der Waals surface area contributed by atoms with Crippen LogP contribution in [-0.4, -0.2) is 25.9 Å². The van der Waals surface area contributed by atoms with Gasteiger partial charge in [0.15, 0.2) is 0 Å². The van der Waals surface area contributed by atoms with E-state index in [1.165, 1.54) is 0 Å². The lowest BCUT2D eigenvalue weighted by molar-refractivity contribution is 0.187. The number of aliphatic hydroxyl groups is 1. The lowest BCUT2D eigenvalue weighted by Gasteiger charge is -2.26. The van der Waals surface area contributed by atoms with Crippen LogP contribution in [-0.2, 0) is 0 Å². The molecule has 0 saturated heterocycles. The van der Waals surface area contributed by atoms with Gasteiger partial charge in [0.1, 0.15) is 5.75 Å². The minimum atomic E-state index is 0.0404. The maximum atomic E-state index is 9.41. The Kier molecular flexibility index (Phi) is 5.75. The fourth-order valence-electron chi connectivity index (χ4n) is 2.06. The number of ether oxygens (including phenoxy) is 1. The number of aliphatic hydroxyl groups excluding tert-OH is 1. The van der Waals surface area contributed by atoms with Crippen LogP contribution in [0.25, 0.3) is 0 Å². The molecule has 0 spiro atoms. The summed E-state index contributed by atoms with van der Waals surface area (Å²) < 4.78 is 5.34. The van der Waals surface area contributed by atoms with Crippen molar-refractivity contribution in [2.75, 3.05) is 20.8 Å². The van der Waals surface area contributed by atoms with Crippen molar-refractivity contribution in [3.05, 3.63) is 28.8 Å². The van der Waals surface area contributed by atoms with Crippen LogP contribution in [0.3, 0.4) is 0 Å². The summed E-state index contributed by atoms with van der Waals surface area (Å²) in [6, 6.07) is 5.58. The molecule has 0 saturated carbocycles. The summed E-state index contributed by atoms with van der Waals surface area (Å²) in [6.45, 7) is 2.19. The number of rotatable bonds is 6. The second kappa shape index (κ2) is 6.84. The molecule has 96 valence electrons. The van der Waals surface area contributed by atoms with Crippen molar-refractivity contribution in [2.45, 2.75) is 19.4 Å². The Hall–Kier alpha value is -0.770. The zero-order valence-corrected chi connectivity index (χ0v) is 11.3. The molecule has 1 aromatic rings. The van der Waals surface area contributed by atoms with Crippen LogP contribution in [0.5, 0.6) is 5.75 Å². The zero-order chi connectivity index (χ0) is 12.8. The molecular weight excluding hydrogens is 238 g/mol. The summed E-state index contributed by atoms with van der Waals surface area (Å²) in [5, 5.41) is 13.3. The average Bonchev–Trinajstić information content (AvgIpc) is 2.35. The SMILES string of the molecule is CCC(CO)C(NC)c1cc(Cl)ccc1OC. The van der Waals surface area contributed by atoms with Gasteiger partial charge in [0.2, 0.25) is 0 Å². The lowest BCUT2D eigenvalue weighted by Crippen LogP contribution is -2.27. The molecule has 0 radical (unpaired) electrons. The third-order valence-electron chi connectivity index (χ3n) is 3.07. The smallest absolute Gasteiger partial charge is 0.123 e. The Morgan fingerprint density at radius 3 is 2.65 bits per heavy atom. The van der Waals surface area contributed by atoms with E-state index in [9.17, 15) is 5.11 Å². The number of hydrogen-bond donors (Lipinski definition) is 2. The molecule has 2 atom stereocenters. The molecule has 3 nitrogen and oxygen atoms in total. The zero-order valence-electron chi connectivity index (χ0n) is 10.5. The van der Waals surface area contributed by atoms with Crippen LogP contribution in [0, 0.1) is 5.92 Å². The van der Waals surface area contributed by atoms with E-state index in [-0.39, 0.29) is 18.6 Å². The Morgan fingerprint density at radius 1 is 1.47 bits per heavy atom. The molecule has 0 aliphatic rings. The van der Waals surface area contributed by atoms with Crippen LogP contribution in [0.1, 0.15) is 24.9 Å². The summed E-state index contributed by atoms with van der Waals surface area (Å²) in [5.41, 5.74) is 0.989. The minimum absolute atomic E-state index is 0.0404. The van der Waals surface area contributed by atoms with Gasteiger partial charge in [0.05, 0.1) is 7.11 Å². The van der Waals surface area contributed by atoms with Crippen molar-refractivity contribution < 1.29 is 9.84 Å². The van der Waals surface area contributed by atoms with Gasteiger partial charge in [-0.25, -0.2) is 0 Å². The van der Waals surface area contributed by atoms with Crippen LogP contribution in [0.4, 0.5) is 0 Å². The van der Waals surface area contributed by atoms with Crippen molar-refractivity contribution in [2.24, 2.45) is 5.92 Å². The molecule has 0 aromatic heterocycles. The molecule has 0 bridgehead atoms. The highest BCUT2D eigenvalue weighted by molar-refractivity contribution is 6.30. The molecule has 4 heteroatoms. The Morgan fingerprint density at radius 2 is 2.18 bits per heavy atom. The van der Waals surface area contributed by atoms with Crippen molar-refractivity contribution in [1.29, 1.82) is 0 Å². The van der Waals surface area contributed by atoms with Crippen molar-refractivity contribution in [3.8, 4) is 5.75 Å². The second-order valence-electron chi connectivity index (χ2n) is 4.00. The van der Waals surface area contributed by atoms with Gasteiger partial charge in [0, 0.05) is 29.2 Å². The van der Waals surface area contributed by atoms with E-state index in [4.69, 9.17) is 16.3 Å². The number of halogens is 1. The van der Waals surface area contributed by atoms with Crippen molar-refractivity contribution in [3.63, 3.8) is 0 Å². The van der Waals surface area contributed by atoms with Gasteiger partial charge in [-0.05, 0) is 31.7 Å². The largest absolute Gasteiger partial charge is 0.496 e. The van der Waals surface area contributed by atoms with E-state index in [0.717, 1.165) is 17.7 Å². The molecule has 2 N–H and O–H groups in total. The highest BCUT2D eigenvalue weighted by Crippen LogP contribution is 2.33. The summed E-state index contributed by atoms with van der Waals surface area (Å²) in [5.74, 6) is 0.938. The molecule has 17 heavy (non-hydrogen) atoms. The van der Waals surface area contributed by atoms with Crippen LogP contribution in [0.2, 0.25) is 5.02 Å². The molecule has 2 unspecified atom stereocenters. The normalized spacial score (nSPS) is 14.4. The molecule has 0 fully saturated rings. The van der Waals surface area contributed by atoms with Crippen molar-refractivity contribution in [1.82, 2.24) is 5.32 Å². The highest BCUT2D eigenvalue weighted by atomic mass is 35.5. The maximum Gasteiger partial charge on any atom is 0.123 e. The first-order chi connectivity index (χ1) is 8.17. The van der Waals surface area contributed by atoms with E-state index in [2.05, 4.69) is 12.2 Å². The average molecular weight is 258 g/mol. The quantitative estimate of drug-likeness (QED) is 0.823. The van der Waals surface area contributed by atoms with Gasteiger partial charge >= 0.3 is 0 Å². The number of methoxy groups -OCH3 is 1. The van der Waals surface area contributed by atoms with Gasteiger partial charge in [0.25, 0.3) is 0 Å². The fraction of sp³-hybridized carbons (Fsp3) is 0.538. The maximum absolute atomic E-state index is 9.41. The third kappa shape index (κ3) is 3.35. The monoisotopic (exact) mass is 257 g/mol. The van der Waals surface area contributed by atoms with Gasteiger partial charge < -0.3 is 15.2 Å². The Labute approximate surface area is 108 Å². The first-order valence-electron chi connectivity index (χ1n) is 5.79. The first-order valence-corrected chi connectivity index (χ1v) is 6.17. The Balaban J connectivity index is 3.13. The first kappa shape index (κ1) is 14.3. The summed E-state index contributed by atoms with van der Waals surface area (Å²) in [6.07, 6.45) is 0.887. The van der Waals surface area contributed by atoms with Crippen LogP contribution < -0.4 is 10.1 Å². The van der Waals surface area contributed by atoms with Crippen LogP contribution >= 0.6 is 11.6 Å². The van der Waals surface area contributed by atoms with Gasteiger partial charge in [-0.2, -0.15) is 0 Å². The lowest BCUT2D eigenvalue weighted by atomic mass is 9.91. The summed E-state index contributed by atoms with van der Waals surface area (Å²) in [4.78, 5) is 0. The molecule has 1 aromatic carbocycles. The highest BCUT2D eigenvalue weighted by Gasteiger charge is 2.22. The summed E-state index contributed by atoms with van der Waals surface area (Å²) in [7, 11) is 3.52. The molecule has 0 heterocycles. The van der Waals surface area contributed by atoms with E-state index < -0.39 is 0 Å². The third-order valence-corrected chi connectivity index (χ3v) is 3.30. The minimum Gasteiger partial charge on any atom is -0.496 e. The topological polar surface area (TPSA) is 41.5 Å². The number of hydrogen-bond acceptors (Lipinski definition) is 3. The standard InChI is InChI=1S/C13H20ClNO2/c1-4-9(8-16)13(15-2)11-7-10(14)5-6-12(11)17-3/h5-7,9,13,15-16H,4,8H2,1-3H3. The molecular formula is C13H20ClNO2. The Bertz CT molecular complexity index is 353. The summed E-state index contributed by atoms with van der Waals surface area (Å²) >= 11 is 6.02. The second-order valence-corrected chi connectivity index (χ2v) is 4.44. The van der Waals surface area contributed by atoms with E-state index in [1.807, 2.05) is 19.2 Å². The molecule has 0 aliphatic heterocycles. The fourth-order valence-corrected chi connectivity index (χ4v) is 2.24. The van der Waals surface area contributed by atoms with E-state index in [0.29, 0.717) is 5.02 Å². The van der Waals surface area contributed by atoms with Gasteiger partial charge in [-0.15, -0.1) is 0 Å². The van der Waals surface area contributed by atoms with Gasteiger partial charge in [-0.3, -0.25) is 0 Å². The van der Waals surface area contributed by atoms with E-state index >= 15 is 0 Å². The number of nitrogens with one attached hydrogen (secondary N) is 1. The number of benzene rings is 1.